The van der Waals surface area contributed by atoms with Crippen LogP contribution in [-0.2, 0) is 27.9 Å². The number of nitrogens with zero attached hydrogens (tertiary/aromatic N) is 1. The summed E-state index contributed by atoms with van der Waals surface area (Å²) in [5, 5.41) is 10.2. The van der Waals surface area contributed by atoms with Crippen LogP contribution in [0.25, 0.3) is 0 Å². The molecule has 58 heavy (non-hydrogen) atoms. The van der Waals surface area contributed by atoms with Crippen molar-refractivity contribution in [1.82, 2.24) is 0 Å². The van der Waals surface area contributed by atoms with E-state index in [-0.39, 0.29) is 19.6 Å². The number of ether oxygens (including phenoxy) is 2. The number of quaternary nitrogens is 1. The number of esters is 1. The highest BCUT2D eigenvalue weighted by molar-refractivity contribution is 7.45. The molecule has 1 N–H and O–H groups in total. The predicted octanol–water partition coefficient (Wildman–Crippen LogP) is 11.7. The highest BCUT2D eigenvalue weighted by atomic mass is 31.2. The molecule has 0 aromatic heterocycles. The van der Waals surface area contributed by atoms with Crippen molar-refractivity contribution in [1.29, 1.82) is 0 Å². The molecule has 0 heterocycles. The van der Waals surface area contributed by atoms with Gasteiger partial charge in [0.05, 0.1) is 40.1 Å². The molecule has 9 nitrogen and oxygen atoms in total. The van der Waals surface area contributed by atoms with Gasteiger partial charge < -0.3 is 33.0 Å². The first-order valence-electron chi connectivity index (χ1n) is 22.1. The number of allylic oxidation sites excluding steroid dienone is 13. The van der Waals surface area contributed by atoms with E-state index in [9.17, 15) is 19.4 Å². The van der Waals surface area contributed by atoms with Crippen LogP contribution in [-0.4, -0.2) is 75.3 Å². The van der Waals surface area contributed by atoms with Crippen LogP contribution in [0.15, 0.2) is 97.4 Å². The van der Waals surface area contributed by atoms with Crippen molar-refractivity contribution in [2.24, 2.45) is 0 Å². The standard InChI is InChI=1S/C48H82NO8P/c1-6-8-10-12-14-16-18-20-21-22-24-26-28-30-32-37-42-54-44-47(45-56-58(52,53)55-43-41-49(3,4)5)57-48(51)40-36-33-35-39-46(50)38-34-31-29-27-25-23-19-17-15-13-11-9-7-2/h9,11,15,17,20-21,23,25,29,31,33-35,37-38,42,46-47,50H,6-8,10,12-14,16,18-19,22,24,26-28,30,32,36,39-41,43-45H2,1-5H3/b11-9-,17-15-,21-20-,25-23-,31-29-,35-33-,38-34-,42-37+/t46?,47-/m1/s1. The second-order valence-corrected chi connectivity index (χ2v) is 17.0. The number of carbonyl (C=O) groups excluding carboxylic acids is 1. The van der Waals surface area contributed by atoms with Crippen LogP contribution in [0, 0.1) is 0 Å². The lowest BCUT2D eigenvalue weighted by molar-refractivity contribution is -0.870. The molecular weight excluding hydrogens is 750 g/mol. The average molecular weight is 832 g/mol. The highest BCUT2D eigenvalue weighted by Gasteiger charge is 2.20. The van der Waals surface area contributed by atoms with Crippen LogP contribution < -0.4 is 4.89 Å². The lowest BCUT2D eigenvalue weighted by Gasteiger charge is -2.28. The fraction of sp³-hybridized carbons (Fsp3) is 0.646. The predicted molar refractivity (Wildman–Crippen MR) is 241 cm³/mol. The summed E-state index contributed by atoms with van der Waals surface area (Å²) < 4.78 is 34.1. The summed E-state index contributed by atoms with van der Waals surface area (Å²) in [6.07, 6.45) is 51.2. The van der Waals surface area contributed by atoms with E-state index in [4.69, 9.17) is 18.5 Å². The van der Waals surface area contributed by atoms with E-state index in [2.05, 4.69) is 62.5 Å². The zero-order chi connectivity index (χ0) is 42.8. The number of aliphatic hydroxyl groups excluding tert-OH is 1. The molecular formula is C48H82NO8P. The third kappa shape index (κ3) is 42.8. The van der Waals surface area contributed by atoms with Gasteiger partial charge in [-0.25, -0.2) is 0 Å². The number of hydrogen-bond acceptors (Lipinski definition) is 8. The maximum absolute atomic E-state index is 12.7. The molecule has 0 aromatic rings. The molecule has 0 fully saturated rings. The number of aliphatic hydroxyl groups is 1. The molecule has 0 saturated carbocycles. The van der Waals surface area contributed by atoms with E-state index in [0.29, 0.717) is 23.9 Å². The summed E-state index contributed by atoms with van der Waals surface area (Å²) in [7, 11) is 1.19. The van der Waals surface area contributed by atoms with Crippen LogP contribution in [0.1, 0.15) is 142 Å². The lowest BCUT2D eigenvalue weighted by Crippen LogP contribution is -2.37. The Morgan fingerprint density at radius 2 is 1.24 bits per heavy atom. The number of rotatable bonds is 39. The van der Waals surface area contributed by atoms with E-state index in [1.165, 1.54) is 57.8 Å². The Balaban J connectivity index is 4.56. The Morgan fingerprint density at radius 3 is 1.86 bits per heavy atom. The minimum atomic E-state index is -4.60. The maximum atomic E-state index is 12.7. The molecule has 0 radical (unpaired) electrons. The van der Waals surface area contributed by atoms with E-state index in [1.54, 1.807) is 12.3 Å². The van der Waals surface area contributed by atoms with Crippen molar-refractivity contribution in [2.75, 3.05) is 47.5 Å². The van der Waals surface area contributed by atoms with Gasteiger partial charge in [-0.2, -0.15) is 0 Å². The van der Waals surface area contributed by atoms with E-state index < -0.39 is 32.6 Å². The molecule has 0 aliphatic rings. The number of hydrogen-bond donors (Lipinski definition) is 1. The van der Waals surface area contributed by atoms with E-state index in [0.717, 1.165) is 51.4 Å². The van der Waals surface area contributed by atoms with Crippen molar-refractivity contribution < 1.29 is 42.4 Å². The second kappa shape index (κ2) is 39.7. The Hall–Kier alpha value is -2.78. The number of phosphoric acid groups is 1. The minimum Gasteiger partial charge on any atom is -0.756 e. The number of likely N-dealkylation sites (N-methyl/N-ethyl adjacent to an activating group) is 1. The van der Waals surface area contributed by atoms with Crippen LogP contribution in [0.5, 0.6) is 0 Å². The van der Waals surface area contributed by atoms with Gasteiger partial charge in [0.15, 0.2) is 6.10 Å². The van der Waals surface area contributed by atoms with Gasteiger partial charge in [-0.15, -0.1) is 0 Å². The van der Waals surface area contributed by atoms with Crippen molar-refractivity contribution in [2.45, 2.75) is 154 Å². The summed E-state index contributed by atoms with van der Waals surface area (Å²) in [5.41, 5.74) is 0. The Bertz CT molecular complexity index is 1260. The molecule has 0 saturated heterocycles. The SMILES string of the molecule is CC/C=C\C/C=C\C/C=C\C/C=C\C=C/C(O)C/C=C\CCC(=O)O[C@H](CO/C=C/CCCCCC/C=C\CCCCCCCC)COP(=O)([O-])OCC[N+](C)(C)C. The van der Waals surface area contributed by atoms with Gasteiger partial charge in [0, 0.05) is 6.42 Å². The van der Waals surface area contributed by atoms with Gasteiger partial charge in [-0.3, -0.25) is 9.36 Å². The summed E-state index contributed by atoms with van der Waals surface area (Å²) >= 11 is 0. The molecule has 0 amide bonds. The first-order valence-corrected chi connectivity index (χ1v) is 23.6. The van der Waals surface area contributed by atoms with E-state index >= 15 is 0 Å². The van der Waals surface area contributed by atoms with Crippen molar-refractivity contribution in [3.05, 3.63) is 97.4 Å². The van der Waals surface area contributed by atoms with Crippen molar-refractivity contribution in [3.63, 3.8) is 0 Å². The highest BCUT2D eigenvalue weighted by Crippen LogP contribution is 2.38. The molecule has 0 spiro atoms. The smallest absolute Gasteiger partial charge is 0.306 e. The van der Waals surface area contributed by atoms with Gasteiger partial charge in [0.25, 0.3) is 7.82 Å². The molecule has 0 bridgehead atoms. The van der Waals surface area contributed by atoms with Gasteiger partial charge in [0.2, 0.25) is 0 Å². The molecule has 0 aliphatic heterocycles. The van der Waals surface area contributed by atoms with Gasteiger partial charge in [0.1, 0.15) is 19.8 Å². The summed E-state index contributed by atoms with van der Waals surface area (Å²) in [6, 6.07) is 0. The van der Waals surface area contributed by atoms with E-state index in [1.807, 2.05) is 57.6 Å². The monoisotopic (exact) mass is 832 g/mol. The first kappa shape index (κ1) is 55.2. The van der Waals surface area contributed by atoms with Crippen LogP contribution in [0.4, 0.5) is 0 Å². The molecule has 332 valence electrons. The van der Waals surface area contributed by atoms with Gasteiger partial charge in [-0.1, -0.05) is 144 Å². The van der Waals surface area contributed by atoms with Crippen molar-refractivity contribution >= 4 is 13.8 Å². The van der Waals surface area contributed by atoms with Crippen LogP contribution >= 0.6 is 7.82 Å². The third-order valence-corrected chi connectivity index (χ3v) is 9.74. The summed E-state index contributed by atoms with van der Waals surface area (Å²) in [6.45, 7) is 4.37. The lowest BCUT2D eigenvalue weighted by atomic mass is 10.1. The Labute approximate surface area is 354 Å². The zero-order valence-electron chi connectivity index (χ0n) is 37.1. The number of unbranched alkanes of at least 4 members (excludes halogenated alkanes) is 11. The molecule has 0 rings (SSSR count). The molecule has 10 heteroatoms. The third-order valence-electron chi connectivity index (χ3n) is 8.78. The first-order chi connectivity index (χ1) is 28.0. The summed E-state index contributed by atoms with van der Waals surface area (Å²) in [5.74, 6) is -0.505. The molecule has 0 aliphatic carbocycles. The van der Waals surface area contributed by atoms with Crippen LogP contribution in [0.2, 0.25) is 0 Å². The topological polar surface area (TPSA) is 114 Å². The normalized spacial score (nSPS) is 15.2. The number of carbonyl (C=O) groups is 1. The Morgan fingerprint density at radius 1 is 0.672 bits per heavy atom. The minimum absolute atomic E-state index is 0.0226. The van der Waals surface area contributed by atoms with Crippen molar-refractivity contribution in [3.8, 4) is 0 Å². The zero-order valence-corrected chi connectivity index (χ0v) is 38.0. The quantitative estimate of drug-likeness (QED) is 0.0124. The largest absolute Gasteiger partial charge is 0.756 e. The Kier molecular flexibility index (Phi) is 37.8. The average Bonchev–Trinajstić information content (AvgIpc) is 3.17. The maximum Gasteiger partial charge on any atom is 0.306 e. The number of phosphoric ester groups is 1. The second-order valence-electron chi connectivity index (χ2n) is 15.6. The summed E-state index contributed by atoms with van der Waals surface area (Å²) in [4.78, 5) is 25.0. The fourth-order valence-electron chi connectivity index (χ4n) is 5.32. The molecule has 0 aromatic carbocycles. The van der Waals surface area contributed by atoms with Crippen LogP contribution in [0.3, 0.4) is 0 Å². The fourth-order valence-corrected chi connectivity index (χ4v) is 6.05. The van der Waals surface area contributed by atoms with Gasteiger partial charge >= 0.3 is 5.97 Å². The van der Waals surface area contributed by atoms with Gasteiger partial charge in [-0.05, 0) is 83.1 Å². The molecule has 3 atom stereocenters. The molecule has 2 unspecified atom stereocenters.